The van der Waals surface area contributed by atoms with Gasteiger partial charge in [0.1, 0.15) is 21.2 Å². The molecule has 0 spiro atoms. The molecule has 0 aromatic carbocycles. The Balaban J connectivity index is 2.63. The molecule has 13 heavy (non-hydrogen) atoms. The molecular formula is C8H9N3S2. The molecule has 68 valence electrons. The molecule has 0 saturated heterocycles. The fraction of sp³-hybridized carbons (Fsp3) is 0.375. The largest absolute Gasteiger partial charge is 0.240 e. The summed E-state index contributed by atoms with van der Waals surface area (Å²) in [7, 11) is 0. The van der Waals surface area contributed by atoms with E-state index in [4.69, 9.17) is 0 Å². The lowest BCUT2D eigenvalue weighted by molar-refractivity contribution is 1.01. The van der Waals surface area contributed by atoms with Gasteiger partial charge in [0, 0.05) is 0 Å². The Kier molecular flexibility index (Phi) is 2.46. The minimum Gasteiger partial charge on any atom is -0.240 e. The van der Waals surface area contributed by atoms with Gasteiger partial charge < -0.3 is 0 Å². The molecule has 0 aliphatic rings. The Morgan fingerprint density at radius 3 is 3.08 bits per heavy atom. The van der Waals surface area contributed by atoms with Crippen LogP contribution in [0.2, 0.25) is 0 Å². The number of hydrogen-bond acceptors (Lipinski definition) is 5. The van der Waals surface area contributed by atoms with Crippen molar-refractivity contribution in [1.29, 1.82) is 0 Å². The quantitative estimate of drug-likeness (QED) is 0.565. The average molecular weight is 211 g/mol. The van der Waals surface area contributed by atoms with Crippen LogP contribution in [0.3, 0.4) is 0 Å². The Labute approximate surface area is 84.6 Å². The van der Waals surface area contributed by atoms with Crippen molar-refractivity contribution < 1.29 is 0 Å². The first kappa shape index (κ1) is 8.90. The maximum Gasteiger partial charge on any atom is 0.148 e. The number of rotatable bonds is 2. The van der Waals surface area contributed by atoms with Gasteiger partial charge in [-0.25, -0.2) is 15.0 Å². The second-order valence-corrected chi connectivity index (χ2v) is 4.60. The first-order chi connectivity index (χ1) is 6.31. The smallest absolute Gasteiger partial charge is 0.148 e. The monoisotopic (exact) mass is 211 g/mol. The van der Waals surface area contributed by atoms with Crippen LogP contribution in [0.5, 0.6) is 0 Å². The van der Waals surface area contributed by atoms with Gasteiger partial charge in [-0.15, -0.1) is 23.1 Å². The van der Waals surface area contributed by atoms with Crippen molar-refractivity contribution in [2.24, 2.45) is 0 Å². The third kappa shape index (κ3) is 1.66. The predicted octanol–water partition coefficient (Wildman–Crippen LogP) is 2.51. The van der Waals surface area contributed by atoms with Gasteiger partial charge in [0.25, 0.3) is 0 Å². The highest BCUT2D eigenvalue weighted by Gasteiger charge is 2.07. The first-order valence-corrected chi connectivity index (χ1v) is 5.88. The highest BCUT2D eigenvalue weighted by molar-refractivity contribution is 7.99. The molecule has 0 unspecified atom stereocenters. The van der Waals surface area contributed by atoms with Crippen LogP contribution in [0.1, 0.15) is 12.7 Å². The maximum atomic E-state index is 4.36. The van der Waals surface area contributed by atoms with Gasteiger partial charge in [0.2, 0.25) is 0 Å². The fourth-order valence-electron chi connectivity index (χ4n) is 1.08. The summed E-state index contributed by atoms with van der Waals surface area (Å²) < 4.78 is 0. The van der Waals surface area contributed by atoms with E-state index in [-0.39, 0.29) is 0 Å². The lowest BCUT2D eigenvalue weighted by Crippen LogP contribution is -1.90. The maximum absolute atomic E-state index is 4.36. The number of aromatic nitrogens is 3. The number of nitrogens with zero attached hydrogens (tertiary/aromatic N) is 3. The predicted molar refractivity (Wildman–Crippen MR) is 56.3 cm³/mol. The topological polar surface area (TPSA) is 38.7 Å². The molecule has 0 N–H and O–H groups in total. The van der Waals surface area contributed by atoms with Crippen molar-refractivity contribution in [3.05, 3.63) is 11.3 Å². The normalized spacial score (nSPS) is 10.9. The van der Waals surface area contributed by atoms with Crippen LogP contribution in [0, 0.1) is 6.92 Å². The van der Waals surface area contributed by atoms with Crippen LogP contribution in [-0.2, 0) is 0 Å². The molecule has 2 aromatic rings. The molecule has 2 rings (SSSR count). The number of hydrogen-bond donors (Lipinski definition) is 0. The summed E-state index contributed by atoms with van der Waals surface area (Å²) in [5, 5.41) is 1.01. The van der Waals surface area contributed by atoms with E-state index in [1.165, 1.54) is 0 Å². The summed E-state index contributed by atoms with van der Waals surface area (Å²) in [6.07, 6.45) is 0. The Morgan fingerprint density at radius 2 is 2.31 bits per heavy atom. The summed E-state index contributed by atoms with van der Waals surface area (Å²) in [5.74, 6) is 1.84. The van der Waals surface area contributed by atoms with E-state index in [1.807, 2.05) is 12.4 Å². The van der Waals surface area contributed by atoms with Gasteiger partial charge in [-0.3, -0.25) is 0 Å². The van der Waals surface area contributed by atoms with Crippen LogP contribution in [-0.4, -0.2) is 20.7 Å². The van der Waals surface area contributed by atoms with E-state index in [2.05, 4.69) is 21.9 Å². The molecular weight excluding hydrogens is 202 g/mol. The summed E-state index contributed by atoms with van der Waals surface area (Å²) >= 11 is 3.28. The van der Waals surface area contributed by atoms with Crippen molar-refractivity contribution in [3.63, 3.8) is 0 Å². The van der Waals surface area contributed by atoms with E-state index in [9.17, 15) is 0 Å². The summed E-state index contributed by atoms with van der Waals surface area (Å²) in [6.45, 7) is 4.03. The van der Waals surface area contributed by atoms with Crippen LogP contribution >= 0.6 is 23.1 Å². The highest BCUT2D eigenvalue weighted by atomic mass is 32.2. The van der Waals surface area contributed by atoms with E-state index in [1.54, 1.807) is 23.1 Å². The second-order valence-electron chi connectivity index (χ2n) is 2.52. The van der Waals surface area contributed by atoms with Crippen molar-refractivity contribution in [3.8, 4) is 0 Å². The minimum atomic E-state index is 0.827. The molecule has 0 saturated carbocycles. The Hall–Kier alpha value is -0.680. The SMILES string of the molecule is CCSc1nc(C)nc2scnc12. The molecule has 0 atom stereocenters. The van der Waals surface area contributed by atoms with Gasteiger partial charge in [0.15, 0.2) is 0 Å². The van der Waals surface area contributed by atoms with Crippen LogP contribution in [0.15, 0.2) is 10.5 Å². The van der Waals surface area contributed by atoms with Crippen molar-refractivity contribution >= 4 is 33.4 Å². The lowest BCUT2D eigenvalue weighted by Gasteiger charge is -1.99. The number of thiazole rings is 1. The van der Waals surface area contributed by atoms with Gasteiger partial charge in [-0.1, -0.05) is 6.92 Å². The minimum absolute atomic E-state index is 0.827. The molecule has 5 heteroatoms. The molecule has 0 bridgehead atoms. The number of thioether (sulfide) groups is 1. The zero-order valence-electron chi connectivity index (χ0n) is 7.44. The van der Waals surface area contributed by atoms with Gasteiger partial charge in [-0.05, 0) is 12.7 Å². The molecule has 0 aliphatic carbocycles. The summed E-state index contributed by atoms with van der Waals surface area (Å²) in [6, 6.07) is 0. The van der Waals surface area contributed by atoms with Crippen molar-refractivity contribution in [2.75, 3.05) is 5.75 Å². The molecule has 0 radical (unpaired) electrons. The Morgan fingerprint density at radius 1 is 1.46 bits per heavy atom. The number of fused-ring (bicyclic) bond motifs is 1. The molecule has 3 nitrogen and oxygen atoms in total. The molecule has 0 fully saturated rings. The summed E-state index contributed by atoms with van der Waals surface area (Å²) in [5.41, 5.74) is 2.76. The molecule has 2 aromatic heterocycles. The zero-order chi connectivity index (χ0) is 9.26. The molecule has 2 heterocycles. The van der Waals surface area contributed by atoms with E-state index >= 15 is 0 Å². The number of aryl methyl sites for hydroxylation is 1. The second kappa shape index (κ2) is 3.59. The highest BCUT2D eigenvalue weighted by Crippen LogP contribution is 2.25. The van der Waals surface area contributed by atoms with E-state index in [0.29, 0.717) is 0 Å². The third-order valence-electron chi connectivity index (χ3n) is 1.56. The van der Waals surface area contributed by atoms with Crippen LogP contribution in [0.25, 0.3) is 10.3 Å². The third-order valence-corrected chi connectivity index (χ3v) is 3.12. The summed E-state index contributed by atoms with van der Waals surface area (Å²) in [4.78, 5) is 13.9. The van der Waals surface area contributed by atoms with E-state index in [0.717, 1.165) is 27.0 Å². The standard InChI is InChI=1S/C8H9N3S2/c1-3-12-7-6-8(13-4-9-6)11-5(2)10-7/h4H,3H2,1-2H3. The average Bonchev–Trinajstić information content (AvgIpc) is 2.52. The van der Waals surface area contributed by atoms with Crippen molar-refractivity contribution in [2.45, 2.75) is 18.9 Å². The molecule has 0 amide bonds. The molecule has 0 aliphatic heterocycles. The van der Waals surface area contributed by atoms with Gasteiger partial charge >= 0.3 is 0 Å². The van der Waals surface area contributed by atoms with E-state index < -0.39 is 0 Å². The lowest BCUT2D eigenvalue weighted by atomic mass is 10.5. The van der Waals surface area contributed by atoms with Crippen molar-refractivity contribution in [1.82, 2.24) is 15.0 Å². The van der Waals surface area contributed by atoms with Gasteiger partial charge in [-0.2, -0.15) is 0 Å². The first-order valence-electron chi connectivity index (χ1n) is 4.02. The fourth-order valence-corrected chi connectivity index (χ4v) is 2.60. The Bertz CT molecular complexity index is 424. The van der Waals surface area contributed by atoms with Crippen LogP contribution < -0.4 is 0 Å². The van der Waals surface area contributed by atoms with Crippen LogP contribution in [0.4, 0.5) is 0 Å². The van der Waals surface area contributed by atoms with Gasteiger partial charge in [0.05, 0.1) is 5.51 Å². The zero-order valence-corrected chi connectivity index (χ0v) is 9.08.